The quantitative estimate of drug-likeness (QED) is 0.201. The Labute approximate surface area is 242 Å². The summed E-state index contributed by atoms with van der Waals surface area (Å²) in [6.07, 6.45) is 2.72. The van der Waals surface area contributed by atoms with Gasteiger partial charge in [-0.25, -0.2) is 4.79 Å². The van der Waals surface area contributed by atoms with Crippen LogP contribution in [0.15, 0.2) is 83.4 Å². The summed E-state index contributed by atoms with van der Waals surface area (Å²) >= 11 is 12.1. The van der Waals surface area contributed by atoms with Crippen molar-refractivity contribution in [2.45, 2.75) is 31.8 Å². The molecule has 5 rings (SSSR count). The van der Waals surface area contributed by atoms with Crippen molar-refractivity contribution in [2.24, 2.45) is 0 Å². The Morgan fingerprint density at radius 1 is 1.12 bits per heavy atom. The van der Waals surface area contributed by atoms with Gasteiger partial charge in [-0.05, 0) is 72.7 Å². The summed E-state index contributed by atoms with van der Waals surface area (Å²) in [5.41, 5.74) is 3.20. The highest BCUT2D eigenvalue weighted by Gasteiger charge is 2.41. The molecule has 1 aliphatic heterocycles. The van der Waals surface area contributed by atoms with Crippen molar-refractivity contribution in [3.63, 3.8) is 0 Å². The van der Waals surface area contributed by atoms with E-state index in [-0.39, 0.29) is 23.9 Å². The molecular formula is C30H27ClN4O4S. The van der Waals surface area contributed by atoms with Crippen LogP contribution in [0.4, 0.5) is 5.69 Å². The lowest BCUT2D eigenvalue weighted by atomic mass is 10.0. The lowest BCUT2D eigenvalue weighted by molar-refractivity contribution is -0.116. The predicted molar refractivity (Wildman–Crippen MR) is 157 cm³/mol. The molecule has 204 valence electrons. The number of amides is 1. The number of aromatic carboxylic acids is 1. The minimum Gasteiger partial charge on any atom is -0.478 e. The van der Waals surface area contributed by atoms with Crippen LogP contribution in [0.25, 0.3) is 11.3 Å². The second-order valence-electron chi connectivity index (χ2n) is 9.33. The fraction of sp³-hybridized carbons (Fsp3) is 0.200. The maximum atomic E-state index is 13.0. The van der Waals surface area contributed by atoms with Gasteiger partial charge in [-0.15, -0.1) is 0 Å². The lowest BCUT2D eigenvalue weighted by Gasteiger charge is -2.26. The second kappa shape index (κ2) is 11.9. The second-order valence-corrected chi connectivity index (χ2v) is 10.1. The van der Waals surface area contributed by atoms with Crippen molar-refractivity contribution in [3.8, 4) is 11.3 Å². The van der Waals surface area contributed by atoms with Crippen LogP contribution in [-0.2, 0) is 11.2 Å². The van der Waals surface area contributed by atoms with E-state index in [9.17, 15) is 14.7 Å². The van der Waals surface area contributed by atoms with Crippen LogP contribution in [-0.4, -0.2) is 38.5 Å². The number of rotatable bonds is 9. The van der Waals surface area contributed by atoms with Crippen LogP contribution in [0.3, 0.4) is 0 Å². The number of carboxylic acids is 1. The molecule has 4 aromatic rings. The average molecular weight is 575 g/mol. The number of furan rings is 1. The van der Waals surface area contributed by atoms with Gasteiger partial charge < -0.3 is 25.1 Å². The molecule has 0 aliphatic carbocycles. The molecule has 8 nitrogen and oxygen atoms in total. The molecule has 3 heterocycles. The van der Waals surface area contributed by atoms with Gasteiger partial charge in [0, 0.05) is 30.4 Å². The highest BCUT2D eigenvalue weighted by molar-refractivity contribution is 7.80. The summed E-state index contributed by atoms with van der Waals surface area (Å²) in [4.78, 5) is 30.9. The number of nitrogens with zero attached hydrogens (tertiary/aromatic N) is 2. The third-order valence-electron chi connectivity index (χ3n) is 6.85. The van der Waals surface area contributed by atoms with Crippen LogP contribution < -0.4 is 10.6 Å². The normalized spacial score (nSPS) is 16.6. The van der Waals surface area contributed by atoms with E-state index in [0.717, 1.165) is 23.4 Å². The van der Waals surface area contributed by atoms with E-state index >= 15 is 0 Å². The Hall–Kier alpha value is -4.21. The van der Waals surface area contributed by atoms with Crippen molar-refractivity contribution in [1.29, 1.82) is 0 Å². The number of halogens is 1. The lowest BCUT2D eigenvalue weighted by Crippen LogP contribution is -2.32. The molecule has 1 saturated heterocycles. The van der Waals surface area contributed by atoms with Gasteiger partial charge in [0.25, 0.3) is 0 Å². The monoisotopic (exact) mass is 574 g/mol. The molecule has 2 atom stereocenters. The standard InChI is InChI=1S/C30H27ClN4O4S/c1-2-18-7-3-4-8-22(18)33-26(36)14-16-35-28(27(34-30(35)40)23-9-5-6-15-32-23)25-13-12-24(39-25)20-17-19(29(37)38)10-11-21(20)31/h3-13,15,17,27-28H,2,14,16H2,1H3,(H,33,36)(H,34,40)(H,37,38)/t27-,28-/m1/s1. The molecule has 40 heavy (non-hydrogen) atoms. The SMILES string of the molecule is CCc1ccccc1NC(=O)CCN1C(=S)N[C@H](c2ccccn2)[C@H]1c1ccc(-c2cc(C(=O)O)ccc2Cl)o1. The summed E-state index contributed by atoms with van der Waals surface area (Å²) in [7, 11) is 0. The summed E-state index contributed by atoms with van der Waals surface area (Å²) in [5.74, 6) is -0.182. The van der Waals surface area contributed by atoms with Crippen molar-refractivity contribution < 1.29 is 19.1 Å². The van der Waals surface area contributed by atoms with Crippen molar-refractivity contribution in [1.82, 2.24) is 15.2 Å². The van der Waals surface area contributed by atoms with Gasteiger partial charge in [0.1, 0.15) is 17.6 Å². The molecule has 2 aromatic heterocycles. The largest absolute Gasteiger partial charge is 0.478 e. The van der Waals surface area contributed by atoms with Crippen molar-refractivity contribution >= 4 is 46.5 Å². The minimum absolute atomic E-state index is 0.102. The Bertz CT molecular complexity index is 1560. The average Bonchev–Trinajstić information content (AvgIpc) is 3.57. The number of aromatic nitrogens is 1. The molecule has 0 unspecified atom stereocenters. The molecule has 0 spiro atoms. The first-order chi connectivity index (χ1) is 19.4. The minimum atomic E-state index is -1.06. The van der Waals surface area contributed by atoms with Crippen LogP contribution in [0.2, 0.25) is 5.02 Å². The van der Waals surface area contributed by atoms with E-state index in [1.807, 2.05) is 60.4 Å². The van der Waals surface area contributed by atoms with Crippen LogP contribution >= 0.6 is 23.8 Å². The topological polar surface area (TPSA) is 108 Å². The fourth-order valence-corrected chi connectivity index (χ4v) is 5.39. The third-order valence-corrected chi connectivity index (χ3v) is 7.53. The first-order valence-electron chi connectivity index (χ1n) is 12.8. The van der Waals surface area contributed by atoms with Crippen molar-refractivity contribution in [3.05, 3.63) is 107 Å². The van der Waals surface area contributed by atoms with E-state index in [2.05, 4.69) is 15.6 Å². The predicted octanol–water partition coefficient (Wildman–Crippen LogP) is 6.26. The summed E-state index contributed by atoms with van der Waals surface area (Å²) in [5, 5.41) is 16.6. The Balaban J connectivity index is 1.43. The number of benzene rings is 2. The molecule has 0 saturated carbocycles. The van der Waals surface area contributed by atoms with Crippen LogP contribution in [0.5, 0.6) is 0 Å². The van der Waals surface area contributed by atoms with Gasteiger partial charge in [-0.3, -0.25) is 9.78 Å². The maximum Gasteiger partial charge on any atom is 0.335 e. The van der Waals surface area contributed by atoms with Gasteiger partial charge in [0.15, 0.2) is 5.11 Å². The van der Waals surface area contributed by atoms with E-state index in [1.165, 1.54) is 18.2 Å². The van der Waals surface area contributed by atoms with Gasteiger partial charge in [-0.1, -0.05) is 42.8 Å². The molecule has 10 heteroatoms. The molecule has 3 N–H and O–H groups in total. The smallest absolute Gasteiger partial charge is 0.335 e. The van der Waals surface area contributed by atoms with E-state index in [4.69, 9.17) is 28.2 Å². The first-order valence-corrected chi connectivity index (χ1v) is 13.6. The molecule has 0 radical (unpaired) electrons. The number of thiocarbonyl (C=S) groups is 1. The number of anilines is 1. The number of para-hydroxylation sites is 1. The van der Waals surface area contributed by atoms with E-state index < -0.39 is 12.0 Å². The first kappa shape index (κ1) is 27.4. The maximum absolute atomic E-state index is 13.0. The number of hydrogen-bond donors (Lipinski definition) is 3. The summed E-state index contributed by atoms with van der Waals surface area (Å²) < 4.78 is 6.29. The van der Waals surface area contributed by atoms with E-state index in [1.54, 1.807) is 12.3 Å². The van der Waals surface area contributed by atoms with Crippen molar-refractivity contribution in [2.75, 3.05) is 11.9 Å². The zero-order chi connectivity index (χ0) is 28.2. The number of pyridine rings is 1. The molecule has 1 aliphatic rings. The molecular weight excluding hydrogens is 548 g/mol. The molecule has 1 amide bonds. The zero-order valence-corrected chi connectivity index (χ0v) is 23.2. The zero-order valence-electron chi connectivity index (χ0n) is 21.6. The molecule has 2 aromatic carbocycles. The van der Waals surface area contributed by atoms with Crippen LogP contribution in [0, 0.1) is 0 Å². The third kappa shape index (κ3) is 5.71. The number of carboxylic acid groups (broad SMARTS) is 1. The van der Waals surface area contributed by atoms with Crippen LogP contribution in [0.1, 0.15) is 52.8 Å². The summed E-state index contributed by atoms with van der Waals surface area (Å²) in [6, 6.07) is 20.7. The number of carbonyl (C=O) groups is 2. The molecule has 0 bridgehead atoms. The highest BCUT2D eigenvalue weighted by Crippen LogP contribution is 2.41. The number of hydrogen-bond acceptors (Lipinski definition) is 5. The number of aryl methyl sites for hydroxylation is 1. The fourth-order valence-electron chi connectivity index (χ4n) is 4.84. The van der Waals surface area contributed by atoms with Gasteiger partial charge in [0.05, 0.1) is 22.3 Å². The Morgan fingerprint density at radius 2 is 1.93 bits per heavy atom. The number of carbonyl (C=O) groups excluding carboxylic acids is 1. The van der Waals surface area contributed by atoms with Gasteiger partial charge >= 0.3 is 5.97 Å². The molecule has 1 fully saturated rings. The summed E-state index contributed by atoms with van der Waals surface area (Å²) in [6.45, 7) is 2.38. The Kier molecular flexibility index (Phi) is 8.14. The van der Waals surface area contributed by atoms with Gasteiger partial charge in [0.2, 0.25) is 5.91 Å². The number of nitrogens with one attached hydrogen (secondary N) is 2. The van der Waals surface area contributed by atoms with Gasteiger partial charge in [-0.2, -0.15) is 0 Å². The highest BCUT2D eigenvalue weighted by atomic mass is 35.5. The Morgan fingerprint density at radius 3 is 2.67 bits per heavy atom. The van der Waals surface area contributed by atoms with E-state index in [0.29, 0.717) is 33.8 Å².